The van der Waals surface area contributed by atoms with Crippen molar-refractivity contribution in [2.75, 3.05) is 38.3 Å². The van der Waals surface area contributed by atoms with E-state index >= 15 is 0 Å². The molecule has 0 unspecified atom stereocenters. The van der Waals surface area contributed by atoms with Gasteiger partial charge in [-0.2, -0.15) is 0 Å². The Morgan fingerprint density at radius 2 is 2.21 bits per heavy atom. The third-order valence-corrected chi connectivity index (χ3v) is 2.96. The van der Waals surface area contributed by atoms with Crippen LogP contribution in [0.3, 0.4) is 0 Å². The van der Waals surface area contributed by atoms with Crippen molar-refractivity contribution in [2.24, 2.45) is 5.92 Å². The fourth-order valence-corrected chi connectivity index (χ4v) is 1.88. The summed E-state index contributed by atoms with van der Waals surface area (Å²) < 4.78 is 5.14. The van der Waals surface area contributed by atoms with Gasteiger partial charge in [0.15, 0.2) is 0 Å². The molecule has 1 aromatic heterocycles. The first-order chi connectivity index (χ1) is 9.17. The van der Waals surface area contributed by atoms with Gasteiger partial charge in [0.1, 0.15) is 5.82 Å². The number of methoxy groups -OCH3 is 1. The molecule has 108 valence electrons. The molecule has 0 aliphatic carbocycles. The molecule has 0 atom stereocenters. The highest BCUT2D eigenvalue weighted by Crippen LogP contribution is 2.12. The number of rotatable bonds is 9. The molecule has 1 aromatic rings. The predicted octanol–water partition coefficient (Wildman–Crippen LogP) is 2.30. The molecule has 1 N–H and O–H groups in total. The molecule has 4 heteroatoms. The quantitative estimate of drug-likeness (QED) is 0.743. The molecule has 19 heavy (non-hydrogen) atoms. The molecule has 1 heterocycles. The van der Waals surface area contributed by atoms with E-state index in [1.54, 1.807) is 7.11 Å². The first-order valence-corrected chi connectivity index (χ1v) is 7.06. The molecule has 0 aliphatic rings. The van der Waals surface area contributed by atoms with Crippen molar-refractivity contribution in [3.63, 3.8) is 0 Å². The van der Waals surface area contributed by atoms with Gasteiger partial charge in [0, 0.05) is 32.9 Å². The summed E-state index contributed by atoms with van der Waals surface area (Å²) >= 11 is 0. The van der Waals surface area contributed by atoms with Crippen LogP contribution in [0.25, 0.3) is 0 Å². The van der Waals surface area contributed by atoms with Crippen molar-refractivity contribution < 1.29 is 4.74 Å². The number of aromatic nitrogens is 1. The summed E-state index contributed by atoms with van der Waals surface area (Å²) in [6, 6.07) is 4.23. The van der Waals surface area contributed by atoms with Crippen molar-refractivity contribution in [1.29, 1.82) is 0 Å². The molecule has 1 rings (SSSR count). The summed E-state index contributed by atoms with van der Waals surface area (Å²) in [6.45, 7) is 11.1. The lowest BCUT2D eigenvalue weighted by atomic mass is 10.2. The van der Waals surface area contributed by atoms with Crippen molar-refractivity contribution in [1.82, 2.24) is 10.3 Å². The molecular formula is C15H27N3O. The lowest BCUT2D eigenvalue weighted by Gasteiger charge is -2.22. The van der Waals surface area contributed by atoms with Gasteiger partial charge in [-0.05, 0) is 37.1 Å². The zero-order valence-corrected chi connectivity index (χ0v) is 12.6. The van der Waals surface area contributed by atoms with Crippen LogP contribution in [0.4, 0.5) is 5.82 Å². The molecule has 0 fully saturated rings. The van der Waals surface area contributed by atoms with Crippen LogP contribution in [0.15, 0.2) is 18.3 Å². The summed E-state index contributed by atoms with van der Waals surface area (Å²) in [4.78, 5) is 6.68. The Morgan fingerprint density at radius 1 is 1.42 bits per heavy atom. The average molecular weight is 265 g/mol. The van der Waals surface area contributed by atoms with Crippen molar-refractivity contribution in [3.8, 4) is 0 Å². The molecule has 0 aliphatic heterocycles. The minimum Gasteiger partial charge on any atom is -0.383 e. The minimum atomic E-state index is 0.676. The average Bonchev–Trinajstić information content (AvgIpc) is 2.40. The van der Waals surface area contributed by atoms with Gasteiger partial charge < -0.3 is 15.0 Å². The summed E-state index contributed by atoms with van der Waals surface area (Å²) in [7, 11) is 1.73. The molecule has 0 bridgehead atoms. The largest absolute Gasteiger partial charge is 0.383 e. The van der Waals surface area contributed by atoms with E-state index in [1.165, 1.54) is 5.56 Å². The topological polar surface area (TPSA) is 37.4 Å². The van der Waals surface area contributed by atoms with Crippen LogP contribution in [0.5, 0.6) is 0 Å². The van der Waals surface area contributed by atoms with Crippen molar-refractivity contribution in [2.45, 2.75) is 27.3 Å². The van der Waals surface area contributed by atoms with E-state index in [4.69, 9.17) is 4.74 Å². The maximum Gasteiger partial charge on any atom is 0.128 e. The first kappa shape index (κ1) is 15.9. The molecular weight excluding hydrogens is 238 g/mol. The van der Waals surface area contributed by atoms with E-state index < -0.39 is 0 Å². The molecule has 0 saturated carbocycles. The van der Waals surface area contributed by atoms with E-state index in [1.807, 2.05) is 6.20 Å². The number of nitrogens with one attached hydrogen (secondary N) is 1. The second-order valence-electron chi connectivity index (χ2n) is 5.12. The van der Waals surface area contributed by atoms with Crippen LogP contribution in [0.1, 0.15) is 26.3 Å². The number of hydrogen-bond donors (Lipinski definition) is 1. The van der Waals surface area contributed by atoms with Gasteiger partial charge in [-0.3, -0.25) is 0 Å². The Labute approximate surface area is 117 Å². The number of hydrogen-bond acceptors (Lipinski definition) is 4. The summed E-state index contributed by atoms with van der Waals surface area (Å²) in [5, 5.41) is 3.46. The third kappa shape index (κ3) is 6.03. The standard InChI is InChI=1S/C15H27N3O/c1-5-18(8-9-19-4)15-10-14(6-7-17-15)12-16-11-13(2)3/h6-7,10,13,16H,5,8-9,11-12H2,1-4H3. The third-order valence-electron chi connectivity index (χ3n) is 2.96. The maximum absolute atomic E-state index is 5.14. The van der Waals surface area contributed by atoms with E-state index in [9.17, 15) is 0 Å². The lowest BCUT2D eigenvalue weighted by molar-refractivity contribution is 0.205. The summed E-state index contributed by atoms with van der Waals surface area (Å²) in [5.41, 5.74) is 1.28. The molecule has 0 spiro atoms. The predicted molar refractivity (Wildman–Crippen MR) is 80.5 cm³/mol. The van der Waals surface area contributed by atoms with Gasteiger partial charge in [-0.25, -0.2) is 4.98 Å². The summed E-state index contributed by atoms with van der Waals surface area (Å²) in [6.07, 6.45) is 1.89. The van der Waals surface area contributed by atoms with Crippen LogP contribution in [-0.2, 0) is 11.3 Å². The second kappa shape index (κ2) is 8.88. The van der Waals surface area contributed by atoms with E-state index in [-0.39, 0.29) is 0 Å². The Bertz CT molecular complexity index is 355. The highest BCUT2D eigenvalue weighted by molar-refractivity contribution is 5.40. The fourth-order valence-electron chi connectivity index (χ4n) is 1.88. The van der Waals surface area contributed by atoms with Crippen LogP contribution < -0.4 is 10.2 Å². The Balaban J connectivity index is 2.58. The molecule has 0 radical (unpaired) electrons. The second-order valence-corrected chi connectivity index (χ2v) is 5.12. The normalized spacial score (nSPS) is 11.0. The van der Waals surface area contributed by atoms with Crippen LogP contribution >= 0.6 is 0 Å². The molecule has 0 saturated heterocycles. The number of anilines is 1. The van der Waals surface area contributed by atoms with E-state index in [0.717, 1.165) is 38.6 Å². The van der Waals surface area contributed by atoms with Gasteiger partial charge in [-0.1, -0.05) is 13.8 Å². The SMILES string of the molecule is CCN(CCOC)c1cc(CNCC(C)C)ccn1. The maximum atomic E-state index is 5.14. The molecule has 0 aromatic carbocycles. The lowest BCUT2D eigenvalue weighted by Crippen LogP contribution is -2.28. The Hall–Kier alpha value is -1.13. The monoisotopic (exact) mass is 265 g/mol. The first-order valence-electron chi connectivity index (χ1n) is 7.06. The zero-order chi connectivity index (χ0) is 14.1. The van der Waals surface area contributed by atoms with E-state index in [0.29, 0.717) is 5.92 Å². The van der Waals surface area contributed by atoms with Gasteiger partial charge in [-0.15, -0.1) is 0 Å². The van der Waals surface area contributed by atoms with Crippen molar-refractivity contribution in [3.05, 3.63) is 23.9 Å². The Morgan fingerprint density at radius 3 is 2.84 bits per heavy atom. The highest BCUT2D eigenvalue weighted by Gasteiger charge is 2.06. The summed E-state index contributed by atoms with van der Waals surface area (Å²) in [5.74, 6) is 1.71. The van der Waals surface area contributed by atoms with Gasteiger partial charge in [0.25, 0.3) is 0 Å². The number of pyridine rings is 1. The molecule has 4 nitrogen and oxygen atoms in total. The van der Waals surface area contributed by atoms with Gasteiger partial charge in [0.05, 0.1) is 6.61 Å². The highest BCUT2D eigenvalue weighted by atomic mass is 16.5. The van der Waals surface area contributed by atoms with Gasteiger partial charge in [0.2, 0.25) is 0 Å². The fraction of sp³-hybridized carbons (Fsp3) is 0.667. The number of nitrogens with zero attached hydrogens (tertiary/aromatic N) is 2. The minimum absolute atomic E-state index is 0.676. The van der Waals surface area contributed by atoms with Crippen LogP contribution in [0, 0.1) is 5.92 Å². The van der Waals surface area contributed by atoms with Gasteiger partial charge >= 0.3 is 0 Å². The van der Waals surface area contributed by atoms with Crippen molar-refractivity contribution >= 4 is 5.82 Å². The smallest absolute Gasteiger partial charge is 0.128 e. The Kier molecular flexibility index (Phi) is 7.45. The van der Waals surface area contributed by atoms with Crippen LogP contribution in [0.2, 0.25) is 0 Å². The molecule has 0 amide bonds. The van der Waals surface area contributed by atoms with Crippen LogP contribution in [-0.4, -0.2) is 38.3 Å². The van der Waals surface area contributed by atoms with E-state index in [2.05, 4.69) is 48.1 Å². The zero-order valence-electron chi connectivity index (χ0n) is 12.6. The number of likely N-dealkylation sites (N-methyl/N-ethyl adjacent to an activating group) is 1. The number of ether oxygens (including phenoxy) is 1.